The first-order valence-corrected chi connectivity index (χ1v) is 5.86. The van der Waals surface area contributed by atoms with E-state index in [0.29, 0.717) is 5.54 Å². The lowest BCUT2D eigenvalue weighted by molar-refractivity contribution is 0.157. The Bertz CT molecular complexity index is 118. The Balaban J connectivity index is 3.84. The smallest absolute Gasteiger partial charge is 0.0511 e. The molecule has 0 spiro atoms. The molecule has 0 aliphatic heterocycles. The zero-order valence-corrected chi connectivity index (χ0v) is 11.1. The average molecular weight is 284 g/mol. The maximum Gasteiger partial charge on any atom is 0.0511 e. The molecule has 0 aliphatic carbocycles. The third kappa shape index (κ3) is 5.32. The summed E-state index contributed by atoms with van der Waals surface area (Å²) < 4.78 is 1.11. The third-order valence-electron chi connectivity index (χ3n) is 1.91. The Kier molecular flexibility index (Phi) is 5.69. The van der Waals surface area contributed by atoms with Crippen LogP contribution in [-0.2, 0) is 0 Å². The Hall–Kier alpha value is 0.650. The van der Waals surface area contributed by atoms with Gasteiger partial charge in [-0.1, -0.05) is 22.6 Å². The van der Waals surface area contributed by atoms with E-state index in [4.69, 9.17) is 0 Å². The van der Waals surface area contributed by atoms with E-state index in [9.17, 15) is 0 Å². The van der Waals surface area contributed by atoms with Crippen molar-refractivity contribution in [1.82, 2.24) is 9.80 Å². The minimum Gasteiger partial charge on any atom is -0.308 e. The van der Waals surface area contributed by atoms with E-state index in [2.05, 4.69) is 67.3 Å². The van der Waals surface area contributed by atoms with Crippen LogP contribution in [0.25, 0.3) is 0 Å². The van der Waals surface area contributed by atoms with Gasteiger partial charge in [0, 0.05) is 18.6 Å². The molecule has 0 aromatic carbocycles. The zero-order valence-electron chi connectivity index (χ0n) is 8.89. The van der Waals surface area contributed by atoms with Crippen LogP contribution in [0.2, 0.25) is 0 Å². The van der Waals surface area contributed by atoms with Gasteiger partial charge in [-0.3, -0.25) is 4.90 Å². The first kappa shape index (κ1) is 12.7. The molecule has 12 heavy (non-hydrogen) atoms. The van der Waals surface area contributed by atoms with Crippen LogP contribution in [0.15, 0.2) is 0 Å². The molecule has 0 aromatic heterocycles. The molecule has 0 aromatic rings. The van der Waals surface area contributed by atoms with E-state index in [1.54, 1.807) is 0 Å². The molecule has 0 amide bonds. The lowest BCUT2D eigenvalue weighted by Crippen LogP contribution is -2.43. The molecule has 2 nitrogen and oxygen atoms in total. The van der Waals surface area contributed by atoms with Crippen molar-refractivity contribution in [3.05, 3.63) is 0 Å². The van der Waals surface area contributed by atoms with Gasteiger partial charge in [-0.05, 0) is 34.9 Å². The van der Waals surface area contributed by atoms with Gasteiger partial charge < -0.3 is 4.90 Å². The Morgan fingerprint density at radius 3 is 1.83 bits per heavy atom. The van der Waals surface area contributed by atoms with Crippen LogP contribution >= 0.6 is 22.6 Å². The Labute approximate surface area is 90.4 Å². The lowest BCUT2D eigenvalue weighted by Gasteiger charge is -2.34. The van der Waals surface area contributed by atoms with E-state index in [0.717, 1.165) is 17.6 Å². The minimum atomic E-state index is 0.303. The summed E-state index contributed by atoms with van der Waals surface area (Å²) in [5.41, 5.74) is 0.303. The van der Waals surface area contributed by atoms with Gasteiger partial charge in [-0.25, -0.2) is 0 Å². The standard InChI is InChI=1S/C9H21IN2/c1-9(2,3)12(8-10)7-6-11(4)5/h6-8H2,1-5H3. The quantitative estimate of drug-likeness (QED) is 0.443. The molecular weight excluding hydrogens is 263 g/mol. The molecule has 0 radical (unpaired) electrons. The summed E-state index contributed by atoms with van der Waals surface area (Å²) in [6, 6.07) is 0. The van der Waals surface area contributed by atoms with Crippen molar-refractivity contribution < 1.29 is 0 Å². The van der Waals surface area contributed by atoms with Crippen molar-refractivity contribution in [2.24, 2.45) is 0 Å². The summed E-state index contributed by atoms with van der Waals surface area (Å²) in [6.07, 6.45) is 0. The lowest BCUT2D eigenvalue weighted by atomic mass is 10.1. The van der Waals surface area contributed by atoms with Crippen molar-refractivity contribution in [3.63, 3.8) is 0 Å². The molecule has 0 heterocycles. The van der Waals surface area contributed by atoms with Crippen molar-refractivity contribution in [2.45, 2.75) is 26.3 Å². The van der Waals surface area contributed by atoms with Crippen molar-refractivity contribution in [1.29, 1.82) is 0 Å². The van der Waals surface area contributed by atoms with Crippen molar-refractivity contribution >= 4 is 22.6 Å². The maximum atomic E-state index is 2.48. The summed E-state index contributed by atoms with van der Waals surface area (Å²) in [4.78, 5) is 4.71. The SMILES string of the molecule is CN(C)CCN(CI)C(C)(C)C. The molecule has 0 fully saturated rings. The third-order valence-corrected chi connectivity index (χ3v) is 2.73. The predicted molar refractivity (Wildman–Crippen MR) is 63.9 cm³/mol. The zero-order chi connectivity index (χ0) is 9.78. The molecule has 0 N–H and O–H groups in total. The van der Waals surface area contributed by atoms with Gasteiger partial charge in [0.1, 0.15) is 0 Å². The minimum absolute atomic E-state index is 0.303. The summed E-state index contributed by atoms with van der Waals surface area (Å²) in [6.45, 7) is 9.09. The molecule has 0 aliphatic rings. The molecular formula is C9H21IN2. The van der Waals surface area contributed by atoms with Crippen LogP contribution in [0.4, 0.5) is 0 Å². The molecule has 0 saturated carbocycles. The highest BCUT2D eigenvalue weighted by molar-refractivity contribution is 14.1. The Morgan fingerprint density at radius 2 is 1.58 bits per heavy atom. The van der Waals surface area contributed by atoms with Crippen LogP contribution < -0.4 is 0 Å². The normalized spacial score (nSPS) is 13.0. The first-order chi connectivity index (χ1) is 5.38. The van der Waals surface area contributed by atoms with Gasteiger partial charge in [0.25, 0.3) is 0 Å². The maximum absolute atomic E-state index is 2.48. The van der Waals surface area contributed by atoms with Gasteiger partial charge in [-0.15, -0.1) is 0 Å². The van der Waals surface area contributed by atoms with E-state index in [1.165, 1.54) is 0 Å². The summed E-state index contributed by atoms with van der Waals surface area (Å²) in [5.74, 6) is 0. The van der Waals surface area contributed by atoms with Crippen molar-refractivity contribution in [3.8, 4) is 0 Å². The van der Waals surface area contributed by atoms with Crippen LogP contribution in [-0.4, -0.2) is 47.1 Å². The number of hydrogen-bond acceptors (Lipinski definition) is 2. The van der Waals surface area contributed by atoms with Crippen LogP contribution in [0.3, 0.4) is 0 Å². The van der Waals surface area contributed by atoms with E-state index in [-0.39, 0.29) is 0 Å². The Morgan fingerprint density at radius 1 is 1.08 bits per heavy atom. The van der Waals surface area contributed by atoms with Gasteiger partial charge in [0.15, 0.2) is 0 Å². The number of halogens is 1. The first-order valence-electron chi connectivity index (χ1n) is 4.33. The van der Waals surface area contributed by atoms with Crippen molar-refractivity contribution in [2.75, 3.05) is 31.7 Å². The van der Waals surface area contributed by atoms with E-state index >= 15 is 0 Å². The van der Waals surface area contributed by atoms with Gasteiger partial charge >= 0.3 is 0 Å². The molecule has 0 saturated heterocycles. The van der Waals surface area contributed by atoms with Crippen LogP contribution in [0.5, 0.6) is 0 Å². The number of nitrogens with zero attached hydrogens (tertiary/aromatic N) is 2. The number of rotatable bonds is 4. The highest BCUT2D eigenvalue weighted by atomic mass is 127. The molecule has 0 unspecified atom stereocenters. The summed E-state index contributed by atoms with van der Waals surface area (Å²) in [5, 5.41) is 0. The fourth-order valence-corrected chi connectivity index (χ4v) is 2.26. The molecule has 0 atom stereocenters. The second-order valence-corrected chi connectivity index (χ2v) is 5.04. The number of alkyl halides is 1. The molecule has 0 rings (SSSR count). The van der Waals surface area contributed by atoms with Crippen LogP contribution in [0.1, 0.15) is 20.8 Å². The highest BCUT2D eigenvalue weighted by Gasteiger charge is 2.19. The van der Waals surface area contributed by atoms with E-state index in [1.807, 2.05) is 0 Å². The van der Waals surface area contributed by atoms with Gasteiger partial charge in [0.05, 0.1) is 4.55 Å². The van der Waals surface area contributed by atoms with Gasteiger partial charge in [-0.2, -0.15) is 0 Å². The fraction of sp³-hybridized carbons (Fsp3) is 1.00. The monoisotopic (exact) mass is 284 g/mol. The molecule has 0 bridgehead atoms. The second kappa shape index (κ2) is 5.40. The largest absolute Gasteiger partial charge is 0.308 e. The summed E-state index contributed by atoms with van der Waals surface area (Å²) >= 11 is 2.43. The highest BCUT2D eigenvalue weighted by Crippen LogP contribution is 2.13. The fourth-order valence-electron chi connectivity index (χ4n) is 0.895. The predicted octanol–water partition coefficient (Wildman–Crippen LogP) is 2.04. The number of hydrogen-bond donors (Lipinski definition) is 0. The topological polar surface area (TPSA) is 6.48 Å². The number of likely N-dealkylation sites (N-methyl/N-ethyl adjacent to an activating group) is 1. The summed E-state index contributed by atoms with van der Waals surface area (Å²) in [7, 11) is 4.24. The van der Waals surface area contributed by atoms with Gasteiger partial charge in [0.2, 0.25) is 0 Å². The second-order valence-electron chi connectivity index (χ2n) is 4.36. The average Bonchev–Trinajstić information content (AvgIpc) is 1.85. The van der Waals surface area contributed by atoms with Crippen LogP contribution in [0, 0.1) is 0 Å². The molecule has 3 heteroatoms. The van der Waals surface area contributed by atoms with E-state index < -0.39 is 0 Å². The molecule has 74 valence electrons.